The van der Waals surface area contributed by atoms with Gasteiger partial charge in [-0.25, -0.2) is 0 Å². The molecule has 0 saturated heterocycles. The molecule has 0 bridgehead atoms. The Morgan fingerprint density at radius 1 is 1.23 bits per heavy atom. The molecule has 22 heavy (non-hydrogen) atoms. The third-order valence-electron chi connectivity index (χ3n) is 3.54. The number of hydrogen-bond acceptors (Lipinski definition) is 2. The molecule has 0 aromatic heterocycles. The lowest BCUT2D eigenvalue weighted by Crippen LogP contribution is -3.09. The number of carbonyl (C=O) groups is 2. The quantitative estimate of drug-likeness (QED) is 0.650. The molecule has 0 aliphatic carbocycles. The number of quaternary nitrogens is 1. The van der Waals surface area contributed by atoms with Gasteiger partial charge >= 0.3 is 0 Å². The molecule has 0 aliphatic heterocycles. The van der Waals surface area contributed by atoms with Crippen LogP contribution in [0.5, 0.6) is 0 Å². The minimum Gasteiger partial charge on any atom is -0.355 e. The molecule has 2 atom stereocenters. The number of carbonyl (C=O) groups excluding carboxylic acids is 2. The standard InChI is InChI=1S/C17H27N3O2/c1-5-6-13(2)19-16(21)12-20(4)11-14-7-9-15(10-8-14)17(22)18-3/h7-10,13H,5-6,11-12H2,1-4H3,(H,18,22)(H,19,21)/p+1/t13-/m0/s1. The number of hydrogen-bond donors (Lipinski definition) is 3. The van der Waals surface area contributed by atoms with E-state index < -0.39 is 0 Å². The molecule has 0 saturated carbocycles. The van der Waals surface area contributed by atoms with E-state index in [-0.39, 0.29) is 17.9 Å². The molecule has 0 spiro atoms. The van der Waals surface area contributed by atoms with Gasteiger partial charge in [0.1, 0.15) is 6.54 Å². The Bertz CT molecular complexity index is 485. The van der Waals surface area contributed by atoms with E-state index in [2.05, 4.69) is 17.6 Å². The summed E-state index contributed by atoms with van der Waals surface area (Å²) in [7, 11) is 3.61. The van der Waals surface area contributed by atoms with Crippen molar-refractivity contribution < 1.29 is 14.5 Å². The molecule has 1 rings (SSSR count). The molecule has 5 nitrogen and oxygen atoms in total. The van der Waals surface area contributed by atoms with Gasteiger partial charge in [-0.05, 0) is 25.5 Å². The van der Waals surface area contributed by atoms with Gasteiger partial charge in [0.2, 0.25) is 0 Å². The Morgan fingerprint density at radius 2 is 1.86 bits per heavy atom. The van der Waals surface area contributed by atoms with Gasteiger partial charge in [-0.15, -0.1) is 0 Å². The smallest absolute Gasteiger partial charge is 0.275 e. The van der Waals surface area contributed by atoms with Crippen molar-refractivity contribution in [2.75, 3.05) is 20.6 Å². The summed E-state index contributed by atoms with van der Waals surface area (Å²) in [5, 5.41) is 5.62. The lowest BCUT2D eigenvalue weighted by molar-refractivity contribution is -0.885. The van der Waals surface area contributed by atoms with Gasteiger partial charge in [0, 0.05) is 24.2 Å². The topological polar surface area (TPSA) is 62.6 Å². The average Bonchev–Trinajstić information content (AvgIpc) is 2.47. The summed E-state index contributed by atoms with van der Waals surface area (Å²) in [6.45, 7) is 5.35. The van der Waals surface area contributed by atoms with Crippen molar-refractivity contribution in [1.82, 2.24) is 10.6 Å². The van der Waals surface area contributed by atoms with Crippen molar-refractivity contribution in [3.63, 3.8) is 0 Å². The van der Waals surface area contributed by atoms with Crippen molar-refractivity contribution in [3.8, 4) is 0 Å². The van der Waals surface area contributed by atoms with Gasteiger partial charge in [-0.3, -0.25) is 9.59 Å². The molecule has 0 aliphatic rings. The minimum atomic E-state index is -0.0865. The Morgan fingerprint density at radius 3 is 2.41 bits per heavy atom. The first kappa shape index (κ1) is 18.2. The van der Waals surface area contributed by atoms with Crippen molar-refractivity contribution in [2.24, 2.45) is 0 Å². The predicted molar refractivity (Wildman–Crippen MR) is 87.8 cm³/mol. The number of likely N-dealkylation sites (N-methyl/N-ethyl adjacent to an activating group) is 1. The second-order valence-corrected chi connectivity index (χ2v) is 5.84. The van der Waals surface area contributed by atoms with Crippen LogP contribution in [0.4, 0.5) is 0 Å². The highest BCUT2D eigenvalue weighted by Gasteiger charge is 2.13. The number of nitrogens with one attached hydrogen (secondary N) is 3. The van der Waals surface area contributed by atoms with Crippen LogP contribution in [0, 0.1) is 0 Å². The lowest BCUT2D eigenvalue weighted by Gasteiger charge is -2.17. The number of benzene rings is 1. The van der Waals surface area contributed by atoms with Gasteiger partial charge in [0.15, 0.2) is 6.54 Å². The maximum Gasteiger partial charge on any atom is 0.275 e. The zero-order valence-electron chi connectivity index (χ0n) is 14.0. The van der Waals surface area contributed by atoms with Crippen LogP contribution in [0.25, 0.3) is 0 Å². The summed E-state index contributed by atoms with van der Waals surface area (Å²) in [5.74, 6) is -0.00280. The average molecular weight is 306 g/mol. The SMILES string of the molecule is CCC[C@H](C)NC(=O)C[NH+](C)Cc1ccc(C(=O)NC)cc1. The predicted octanol–water partition coefficient (Wildman–Crippen LogP) is 0.366. The van der Waals surface area contributed by atoms with Crippen LogP contribution in [0.2, 0.25) is 0 Å². The fourth-order valence-electron chi connectivity index (χ4n) is 2.43. The highest BCUT2D eigenvalue weighted by atomic mass is 16.2. The molecule has 5 heteroatoms. The second kappa shape index (κ2) is 9.20. The Balaban J connectivity index is 2.46. The molecule has 0 fully saturated rings. The van der Waals surface area contributed by atoms with Crippen LogP contribution in [0.1, 0.15) is 42.6 Å². The first-order chi connectivity index (χ1) is 10.5. The molecule has 0 radical (unpaired) electrons. The molecule has 1 aromatic rings. The summed E-state index contributed by atoms with van der Waals surface area (Å²) in [6.07, 6.45) is 2.08. The van der Waals surface area contributed by atoms with Crippen molar-refractivity contribution in [2.45, 2.75) is 39.3 Å². The van der Waals surface area contributed by atoms with E-state index in [4.69, 9.17) is 0 Å². The molecular weight excluding hydrogens is 278 g/mol. The Labute approximate surface area is 133 Å². The normalized spacial score (nSPS) is 13.3. The maximum atomic E-state index is 11.9. The monoisotopic (exact) mass is 306 g/mol. The Kier molecular flexibility index (Phi) is 7.60. The van der Waals surface area contributed by atoms with Crippen LogP contribution >= 0.6 is 0 Å². The van der Waals surface area contributed by atoms with Crippen molar-refractivity contribution in [3.05, 3.63) is 35.4 Å². The van der Waals surface area contributed by atoms with Crippen molar-refractivity contribution >= 4 is 11.8 Å². The summed E-state index contributed by atoms with van der Waals surface area (Å²) in [6, 6.07) is 7.73. The van der Waals surface area contributed by atoms with Crippen LogP contribution in [0.3, 0.4) is 0 Å². The highest BCUT2D eigenvalue weighted by molar-refractivity contribution is 5.93. The third kappa shape index (κ3) is 6.26. The van der Waals surface area contributed by atoms with Crippen LogP contribution in [-0.2, 0) is 11.3 Å². The molecule has 0 heterocycles. The molecular formula is C17H28N3O2+. The fraction of sp³-hybridized carbons (Fsp3) is 0.529. The van der Waals surface area contributed by atoms with Gasteiger partial charge in [-0.2, -0.15) is 0 Å². The zero-order chi connectivity index (χ0) is 16.5. The number of rotatable bonds is 8. The Hall–Kier alpha value is -1.88. The van der Waals surface area contributed by atoms with E-state index in [1.165, 1.54) is 0 Å². The third-order valence-corrected chi connectivity index (χ3v) is 3.54. The molecule has 122 valence electrons. The maximum absolute atomic E-state index is 11.9. The van der Waals surface area contributed by atoms with E-state index >= 15 is 0 Å². The molecule has 2 amide bonds. The summed E-state index contributed by atoms with van der Waals surface area (Å²) in [5.41, 5.74) is 1.76. The minimum absolute atomic E-state index is 0.0837. The van der Waals surface area contributed by atoms with E-state index in [1.54, 1.807) is 7.05 Å². The summed E-state index contributed by atoms with van der Waals surface area (Å²) >= 11 is 0. The van der Waals surface area contributed by atoms with E-state index in [0.29, 0.717) is 12.1 Å². The van der Waals surface area contributed by atoms with E-state index in [0.717, 1.165) is 29.8 Å². The van der Waals surface area contributed by atoms with Crippen LogP contribution < -0.4 is 15.5 Å². The molecule has 1 unspecified atom stereocenters. The molecule has 1 aromatic carbocycles. The fourth-order valence-corrected chi connectivity index (χ4v) is 2.43. The lowest BCUT2D eigenvalue weighted by atomic mass is 10.1. The van der Waals surface area contributed by atoms with Gasteiger partial charge < -0.3 is 15.5 Å². The zero-order valence-corrected chi connectivity index (χ0v) is 14.0. The van der Waals surface area contributed by atoms with Gasteiger partial charge in [-0.1, -0.05) is 25.5 Å². The highest BCUT2D eigenvalue weighted by Crippen LogP contribution is 2.03. The summed E-state index contributed by atoms with van der Waals surface area (Å²) in [4.78, 5) is 24.5. The first-order valence-corrected chi connectivity index (χ1v) is 7.88. The van der Waals surface area contributed by atoms with E-state index in [9.17, 15) is 9.59 Å². The van der Waals surface area contributed by atoms with E-state index in [1.807, 2.05) is 38.2 Å². The number of amides is 2. The largest absolute Gasteiger partial charge is 0.355 e. The molecule has 3 N–H and O–H groups in total. The van der Waals surface area contributed by atoms with Crippen LogP contribution in [0.15, 0.2) is 24.3 Å². The first-order valence-electron chi connectivity index (χ1n) is 7.88. The van der Waals surface area contributed by atoms with Crippen molar-refractivity contribution in [1.29, 1.82) is 0 Å². The second-order valence-electron chi connectivity index (χ2n) is 5.84. The van der Waals surface area contributed by atoms with Gasteiger partial charge in [0.05, 0.1) is 7.05 Å². The van der Waals surface area contributed by atoms with Crippen LogP contribution in [-0.4, -0.2) is 38.5 Å². The van der Waals surface area contributed by atoms with Gasteiger partial charge in [0.25, 0.3) is 11.8 Å². The summed E-state index contributed by atoms with van der Waals surface area (Å²) < 4.78 is 0.